The van der Waals surface area contributed by atoms with Gasteiger partial charge in [-0.1, -0.05) is 75.4 Å². The molecule has 226 valence electrons. The fourth-order valence-electron chi connectivity index (χ4n) is 6.24. The van der Waals surface area contributed by atoms with Gasteiger partial charge >= 0.3 is 0 Å². The van der Waals surface area contributed by atoms with Gasteiger partial charge in [0.25, 0.3) is 0 Å². The van der Waals surface area contributed by atoms with Crippen molar-refractivity contribution in [1.82, 2.24) is 0 Å². The quantitative estimate of drug-likeness (QED) is 0.243. The lowest BCUT2D eigenvalue weighted by Crippen LogP contribution is -2.48. The number of ether oxygens (including phenoxy) is 6. The molecule has 3 fully saturated rings. The van der Waals surface area contributed by atoms with Gasteiger partial charge in [-0.15, -0.1) is 0 Å². The Morgan fingerprint density at radius 2 is 1.17 bits per heavy atom. The molecule has 2 aromatic rings. The standard InChI is InChI=1S/C36H46O6/c1-4-33(19-37-20-33)25-40-31-16-9-7-13-28(31)29-14-11-12-18-36(29,42-27-35(6-3)23-39-24-35)30-15-8-10-17-32(30)41-26-34(5-2)21-38-22-34/h7-17H,4-6,18-27H2,1-3H3. The molecule has 42 heavy (non-hydrogen) atoms. The average molecular weight is 575 g/mol. The van der Waals surface area contributed by atoms with Crippen LogP contribution in [-0.2, 0) is 24.5 Å². The van der Waals surface area contributed by atoms with E-state index < -0.39 is 5.60 Å². The highest BCUT2D eigenvalue weighted by molar-refractivity contribution is 5.80. The number of hydrogen-bond donors (Lipinski definition) is 0. The third-order valence-electron chi connectivity index (χ3n) is 10.1. The lowest BCUT2D eigenvalue weighted by molar-refractivity contribution is -0.172. The van der Waals surface area contributed by atoms with Crippen LogP contribution in [0.5, 0.6) is 11.5 Å². The molecule has 2 aromatic carbocycles. The van der Waals surface area contributed by atoms with Crippen molar-refractivity contribution in [3.63, 3.8) is 0 Å². The second-order valence-electron chi connectivity index (χ2n) is 12.9. The van der Waals surface area contributed by atoms with E-state index in [0.717, 1.165) is 87.1 Å². The van der Waals surface area contributed by atoms with E-state index in [-0.39, 0.29) is 16.2 Å². The fourth-order valence-corrected chi connectivity index (χ4v) is 6.24. The summed E-state index contributed by atoms with van der Waals surface area (Å²) in [4.78, 5) is 0. The first-order valence-corrected chi connectivity index (χ1v) is 15.7. The topological polar surface area (TPSA) is 55.4 Å². The van der Waals surface area contributed by atoms with E-state index in [2.05, 4.69) is 87.5 Å². The maximum Gasteiger partial charge on any atom is 0.126 e. The van der Waals surface area contributed by atoms with E-state index in [0.29, 0.717) is 26.2 Å². The monoisotopic (exact) mass is 574 g/mol. The molecule has 0 N–H and O–H groups in total. The molecule has 0 saturated carbocycles. The zero-order chi connectivity index (χ0) is 29.1. The van der Waals surface area contributed by atoms with E-state index in [9.17, 15) is 0 Å². The van der Waals surface area contributed by atoms with Gasteiger partial charge in [-0.25, -0.2) is 0 Å². The molecular weight excluding hydrogens is 528 g/mol. The van der Waals surface area contributed by atoms with Gasteiger partial charge in [0, 0.05) is 23.0 Å². The lowest BCUT2D eigenvalue weighted by atomic mass is 9.75. The second-order valence-corrected chi connectivity index (χ2v) is 12.9. The molecule has 6 heteroatoms. The number of hydrogen-bond acceptors (Lipinski definition) is 6. The lowest BCUT2D eigenvalue weighted by Gasteiger charge is -2.46. The normalized spacial score (nSPS) is 25.0. The van der Waals surface area contributed by atoms with Crippen molar-refractivity contribution in [3.8, 4) is 11.5 Å². The third kappa shape index (κ3) is 5.43. The Bertz CT molecular complexity index is 1270. The van der Waals surface area contributed by atoms with Gasteiger partial charge in [0.2, 0.25) is 0 Å². The Morgan fingerprint density at radius 1 is 0.643 bits per heavy atom. The number of benzene rings is 2. The molecule has 0 aromatic heterocycles. The highest BCUT2D eigenvalue weighted by Gasteiger charge is 2.46. The minimum absolute atomic E-state index is 0.0261. The number of allylic oxidation sites excluding steroid dienone is 2. The van der Waals surface area contributed by atoms with Crippen LogP contribution in [0.15, 0.2) is 66.8 Å². The molecule has 0 amide bonds. The Balaban J connectivity index is 1.38. The van der Waals surface area contributed by atoms with Crippen LogP contribution in [0.2, 0.25) is 0 Å². The first-order valence-electron chi connectivity index (χ1n) is 15.7. The highest BCUT2D eigenvalue weighted by Crippen LogP contribution is 2.51. The summed E-state index contributed by atoms with van der Waals surface area (Å²) in [6, 6.07) is 16.8. The Labute approximate surface area is 251 Å². The molecule has 3 heterocycles. The van der Waals surface area contributed by atoms with Crippen LogP contribution in [0.3, 0.4) is 0 Å². The molecule has 4 aliphatic rings. The Kier molecular flexibility index (Phi) is 8.52. The van der Waals surface area contributed by atoms with Crippen molar-refractivity contribution in [1.29, 1.82) is 0 Å². The van der Waals surface area contributed by atoms with Gasteiger partial charge in [0.15, 0.2) is 0 Å². The van der Waals surface area contributed by atoms with Crippen LogP contribution in [0, 0.1) is 16.2 Å². The molecule has 6 rings (SSSR count). The van der Waals surface area contributed by atoms with Crippen LogP contribution in [0.4, 0.5) is 0 Å². The number of para-hydroxylation sites is 2. The van der Waals surface area contributed by atoms with Gasteiger partial charge in [-0.3, -0.25) is 0 Å². The Hall–Kier alpha value is -2.64. The van der Waals surface area contributed by atoms with Crippen molar-refractivity contribution in [2.24, 2.45) is 16.2 Å². The molecular formula is C36H46O6. The van der Waals surface area contributed by atoms with E-state index in [1.54, 1.807) is 0 Å². The van der Waals surface area contributed by atoms with Crippen LogP contribution in [0.1, 0.15) is 57.6 Å². The smallest absolute Gasteiger partial charge is 0.126 e. The van der Waals surface area contributed by atoms with Crippen molar-refractivity contribution in [2.45, 2.75) is 52.1 Å². The highest BCUT2D eigenvalue weighted by atomic mass is 16.5. The average Bonchev–Trinajstić information content (AvgIpc) is 2.97. The summed E-state index contributed by atoms with van der Waals surface area (Å²) in [6.45, 7) is 13.0. The van der Waals surface area contributed by atoms with E-state index >= 15 is 0 Å². The van der Waals surface area contributed by atoms with Crippen molar-refractivity contribution < 1.29 is 28.4 Å². The molecule has 1 unspecified atom stereocenters. The summed E-state index contributed by atoms with van der Waals surface area (Å²) in [5.41, 5.74) is 2.62. The first-order chi connectivity index (χ1) is 20.5. The molecule has 1 atom stereocenters. The minimum Gasteiger partial charge on any atom is -0.492 e. The zero-order valence-corrected chi connectivity index (χ0v) is 25.5. The summed E-state index contributed by atoms with van der Waals surface area (Å²) in [6.07, 6.45) is 10.3. The van der Waals surface area contributed by atoms with E-state index in [4.69, 9.17) is 28.4 Å². The van der Waals surface area contributed by atoms with Gasteiger partial charge in [-0.2, -0.15) is 0 Å². The van der Waals surface area contributed by atoms with E-state index in [1.807, 2.05) is 0 Å². The zero-order valence-electron chi connectivity index (χ0n) is 25.5. The minimum atomic E-state index is -0.750. The first kappa shape index (κ1) is 29.4. The van der Waals surface area contributed by atoms with Gasteiger partial charge in [0.1, 0.15) is 17.1 Å². The van der Waals surface area contributed by atoms with E-state index in [1.165, 1.54) is 0 Å². The molecule has 1 aliphatic carbocycles. The van der Waals surface area contributed by atoms with Crippen LogP contribution in [-0.4, -0.2) is 59.5 Å². The summed E-state index contributed by atoms with van der Waals surface area (Å²) in [5.74, 6) is 1.74. The molecule has 6 nitrogen and oxygen atoms in total. The van der Waals surface area contributed by atoms with Crippen LogP contribution in [0.25, 0.3) is 5.57 Å². The molecule has 3 saturated heterocycles. The van der Waals surface area contributed by atoms with Gasteiger partial charge in [-0.05, 0) is 37.0 Å². The summed E-state index contributed by atoms with van der Waals surface area (Å²) < 4.78 is 37.4. The summed E-state index contributed by atoms with van der Waals surface area (Å²) >= 11 is 0. The van der Waals surface area contributed by atoms with Crippen LogP contribution < -0.4 is 9.47 Å². The summed E-state index contributed by atoms with van der Waals surface area (Å²) in [7, 11) is 0. The summed E-state index contributed by atoms with van der Waals surface area (Å²) in [5, 5.41) is 0. The number of rotatable bonds is 14. The molecule has 0 bridgehead atoms. The molecule has 0 radical (unpaired) electrons. The maximum atomic E-state index is 7.24. The second kappa shape index (κ2) is 12.2. The fraction of sp³-hybridized carbons (Fsp3) is 0.556. The third-order valence-corrected chi connectivity index (χ3v) is 10.1. The largest absolute Gasteiger partial charge is 0.492 e. The predicted molar refractivity (Wildman–Crippen MR) is 164 cm³/mol. The van der Waals surface area contributed by atoms with Crippen molar-refractivity contribution in [3.05, 3.63) is 77.9 Å². The predicted octanol–water partition coefficient (Wildman–Crippen LogP) is 6.98. The Morgan fingerprint density at radius 3 is 1.74 bits per heavy atom. The van der Waals surface area contributed by atoms with Crippen LogP contribution >= 0.6 is 0 Å². The van der Waals surface area contributed by atoms with Crippen molar-refractivity contribution in [2.75, 3.05) is 59.5 Å². The van der Waals surface area contributed by atoms with Gasteiger partial charge < -0.3 is 28.4 Å². The van der Waals surface area contributed by atoms with Gasteiger partial charge in [0.05, 0.1) is 70.3 Å². The molecule has 0 spiro atoms. The SMILES string of the molecule is CCC1(COc2ccccc2C2=CC=CCC2(OCC2(CC)COC2)c2ccccc2OCC2(CC)COC2)COC1. The van der Waals surface area contributed by atoms with Crippen molar-refractivity contribution >= 4 is 5.57 Å². The maximum absolute atomic E-state index is 7.24. The molecule has 3 aliphatic heterocycles.